The largest absolute Gasteiger partial charge is 0.516 e. The monoisotopic (exact) mass is 281 g/mol. The third-order valence-corrected chi connectivity index (χ3v) is 3.76. The molecule has 1 aromatic carbocycles. The lowest BCUT2D eigenvalue weighted by molar-refractivity contribution is -0.0429. The molecule has 102 valence electrons. The summed E-state index contributed by atoms with van der Waals surface area (Å²) in [4.78, 5) is 0. The van der Waals surface area contributed by atoms with Gasteiger partial charge in [-0.2, -0.15) is 21.6 Å². The molecule has 0 saturated heterocycles. The Kier molecular flexibility index (Phi) is 4.26. The zero-order chi connectivity index (χ0) is 14.0. The molecule has 0 bridgehead atoms. The van der Waals surface area contributed by atoms with Crippen molar-refractivity contribution < 1.29 is 21.6 Å². The molecule has 0 amide bonds. The van der Waals surface area contributed by atoms with Gasteiger partial charge in [-0.05, 0) is 30.0 Å². The van der Waals surface area contributed by atoms with Crippen molar-refractivity contribution in [2.45, 2.75) is 31.7 Å². The summed E-state index contributed by atoms with van der Waals surface area (Å²) < 4.78 is 59.6. The molecule has 0 aliphatic heterocycles. The van der Waals surface area contributed by atoms with Crippen molar-refractivity contribution in [2.75, 3.05) is 4.72 Å². The highest BCUT2D eigenvalue weighted by molar-refractivity contribution is 7.93. The van der Waals surface area contributed by atoms with Gasteiger partial charge in [0.25, 0.3) is 0 Å². The van der Waals surface area contributed by atoms with E-state index in [0.717, 1.165) is 12.0 Å². The standard InChI is InChI=1S/C11H14F3NO2S/c1-3-8(2)9-4-6-10(7-5-9)15-18(16,17)11(12,13)14/h4-8,15H,3H2,1-2H3. The summed E-state index contributed by atoms with van der Waals surface area (Å²) in [6.07, 6.45) is 0.896. The molecule has 18 heavy (non-hydrogen) atoms. The predicted molar refractivity (Wildman–Crippen MR) is 63.7 cm³/mol. The topological polar surface area (TPSA) is 46.2 Å². The third kappa shape index (κ3) is 3.38. The molecule has 1 N–H and O–H groups in total. The minimum atomic E-state index is -5.34. The van der Waals surface area contributed by atoms with Crippen LogP contribution in [0, 0.1) is 0 Å². The fourth-order valence-electron chi connectivity index (χ4n) is 1.33. The van der Waals surface area contributed by atoms with Gasteiger partial charge >= 0.3 is 15.5 Å². The Balaban J connectivity index is 2.89. The summed E-state index contributed by atoms with van der Waals surface area (Å²) in [6, 6.07) is 5.88. The van der Waals surface area contributed by atoms with E-state index in [1.165, 1.54) is 16.9 Å². The fraction of sp³-hybridized carbons (Fsp3) is 0.455. The number of benzene rings is 1. The average molecular weight is 281 g/mol. The van der Waals surface area contributed by atoms with E-state index in [1.54, 1.807) is 12.1 Å². The van der Waals surface area contributed by atoms with Crippen molar-refractivity contribution in [1.29, 1.82) is 0 Å². The summed E-state index contributed by atoms with van der Waals surface area (Å²) in [6.45, 7) is 3.97. The zero-order valence-corrected chi connectivity index (χ0v) is 10.8. The first-order valence-electron chi connectivity index (χ1n) is 5.36. The van der Waals surface area contributed by atoms with Gasteiger partial charge in [0.2, 0.25) is 0 Å². The molecule has 0 saturated carbocycles. The van der Waals surface area contributed by atoms with E-state index in [9.17, 15) is 21.6 Å². The summed E-state index contributed by atoms with van der Waals surface area (Å²) >= 11 is 0. The predicted octanol–water partition coefficient (Wildman–Crippen LogP) is 3.46. The van der Waals surface area contributed by atoms with Crippen LogP contribution in [-0.4, -0.2) is 13.9 Å². The first-order valence-corrected chi connectivity index (χ1v) is 6.84. The van der Waals surface area contributed by atoms with Crippen molar-refractivity contribution in [3.05, 3.63) is 29.8 Å². The van der Waals surface area contributed by atoms with Gasteiger partial charge in [0.1, 0.15) is 0 Å². The minimum absolute atomic E-state index is 0.0978. The Bertz CT molecular complexity index is 494. The van der Waals surface area contributed by atoms with Crippen LogP contribution in [0.2, 0.25) is 0 Å². The molecule has 0 heterocycles. The van der Waals surface area contributed by atoms with Gasteiger partial charge in [0.15, 0.2) is 0 Å². The van der Waals surface area contributed by atoms with E-state index in [1.807, 2.05) is 13.8 Å². The minimum Gasteiger partial charge on any atom is -0.276 e. The Morgan fingerprint density at radius 2 is 1.72 bits per heavy atom. The number of hydrogen-bond donors (Lipinski definition) is 1. The van der Waals surface area contributed by atoms with Crippen LogP contribution in [0.4, 0.5) is 18.9 Å². The second kappa shape index (κ2) is 5.17. The molecule has 0 fully saturated rings. The molecule has 1 aromatic rings. The molecule has 1 rings (SSSR count). The van der Waals surface area contributed by atoms with Crippen molar-refractivity contribution in [2.24, 2.45) is 0 Å². The molecule has 0 aromatic heterocycles. The van der Waals surface area contributed by atoms with E-state index in [0.29, 0.717) is 0 Å². The van der Waals surface area contributed by atoms with E-state index < -0.39 is 15.5 Å². The number of hydrogen-bond acceptors (Lipinski definition) is 2. The average Bonchev–Trinajstić information content (AvgIpc) is 2.27. The summed E-state index contributed by atoms with van der Waals surface area (Å²) in [5.74, 6) is 0.276. The van der Waals surface area contributed by atoms with Crippen LogP contribution in [-0.2, 0) is 10.0 Å². The van der Waals surface area contributed by atoms with Gasteiger partial charge in [-0.1, -0.05) is 26.0 Å². The maximum atomic E-state index is 12.1. The normalized spacial score (nSPS) is 14.3. The van der Waals surface area contributed by atoms with E-state index >= 15 is 0 Å². The lowest BCUT2D eigenvalue weighted by Crippen LogP contribution is -2.29. The summed E-state index contributed by atoms with van der Waals surface area (Å²) in [5.41, 5.74) is -4.45. The van der Waals surface area contributed by atoms with Crippen LogP contribution in [0.1, 0.15) is 31.7 Å². The highest BCUT2D eigenvalue weighted by Gasteiger charge is 2.45. The van der Waals surface area contributed by atoms with Crippen LogP contribution in [0.15, 0.2) is 24.3 Å². The van der Waals surface area contributed by atoms with Crippen LogP contribution < -0.4 is 4.72 Å². The second-order valence-electron chi connectivity index (χ2n) is 3.98. The number of anilines is 1. The highest BCUT2D eigenvalue weighted by Crippen LogP contribution is 2.26. The molecule has 0 aliphatic rings. The Morgan fingerprint density at radius 1 is 1.22 bits per heavy atom. The first kappa shape index (κ1) is 14.8. The molecule has 0 aliphatic carbocycles. The van der Waals surface area contributed by atoms with Crippen molar-refractivity contribution in [3.63, 3.8) is 0 Å². The van der Waals surface area contributed by atoms with Gasteiger partial charge in [-0.15, -0.1) is 0 Å². The number of halogens is 3. The number of alkyl halides is 3. The molecular weight excluding hydrogens is 267 g/mol. The van der Waals surface area contributed by atoms with Crippen LogP contribution in [0.5, 0.6) is 0 Å². The maximum Gasteiger partial charge on any atom is 0.516 e. The van der Waals surface area contributed by atoms with Gasteiger partial charge in [-0.25, -0.2) is 0 Å². The number of rotatable bonds is 4. The molecule has 0 spiro atoms. The van der Waals surface area contributed by atoms with E-state index in [2.05, 4.69) is 0 Å². The molecule has 0 radical (unpaired) electrons. The molecule has 3 nitrogen and oxygen atoms in total. The number of nitrogens with one attached hydrogen (secondary N) is 1. The zero-order valence-electron chi connectivity index (χ0n) is 9.95. The first-order chi connectivity index (χ1) is 8.17. The number of sulfonamides is 1. The SMILES string of the molecule is CCC(C)c1ccc(NS(=O)(=O)C(F)(F)F)cc1. The quantitative estimate of drug-likeness (QED) is 0.918. The van der Waals surface area contributed by atoms with Crippen molar-refractivity contribution in [1.82, 2.24) is 0 Å². The maximum absolute atomic E-state index is 12.1. The van der Waals surface area contributed by atoms with Crippen molar-refractivity contribution in [3.8, 4) is 0 Å². The summed E-state index contributed by atoms with van der Waals surface area (Å²) in [7, 11) is -5.34. The smallest absolute Gasteiger partial charge is 0.276 e. The highest BCUT2D eigenvalue weighted by atomic mass is 32.2. The molecule has 1 unspecified atom stereocenters. The van der Waals surface area contributed by atoms with Gasteiger partial charge in [0, 0.05) is 5.69 Å². The summed E-state index contributed by atoms with van der Waals surface area (Å²) in [5, 5.41) is 0. The molecule has 7 heteroatoms. The lowest BCUT2D eigenvalue weighted by Gasteiger charge is -2.12. The van der Waals surface area contributed by atoms with Crippen LogP contribution >= 0.6 is 0 Å². The molecule has 1 atom stereocenters. The molecular formula is C11H14F3NO2S. The van der Waals surface area contributed by atoms with E-state index in [4.69, 9.17) is 0 Å². The van der Waals surface area contributed by atoms with Crippen LogP contribution in [0.3, 0.4) is 0 Å². The van der Waals surface area contributed by atoms with Gasteiger partial charge in [-0.3, -0.25) is 4.72 Å². The Labute approximate surface area is 104 Å². The van der Waals surface area contributed by atoms with Crippen LogP contribution in [0.25, 0.3) is 0 Å². The van der Waals surface area contributed by atoms with Crippen molar-refractivity contribution >= 4 is 15.7 Å². The Morgan fingerprint density at radius 3 is 2.11 bits per heavy atom. The van der Waals surface area contributed by atoms with Gasteiger partial charge in [0.05, 0.1) is 0 Å². The van der Waals surface area contributed by atoms with Gasteiger partial charge < -0.3 is 0 Å². The second-order valence-corrected chi connectivity index (χ2v) is 5.66. The lowest BCUT2D eigenvalue weighted by atomic mass is 9.99. The third-order valence-electron chi connectivity index (χ3n) is 2.65. The Hall–Kier alpha value is -1.24. The fourth-order valence-corrected chi connectivity index (χ4v) is 1.89. The van der Waals surface area contributed by atoms with E-state index in [-0.39, 0.29) is 11.6 Å².